The number of rotatable bonds is 5. The van der Waals surface area contributed by atoms with Crippen LogP contribution in [0, 0.1) is 0 Å². The summed E-state index contributed by atoms with van der Waals surface area (Å²) in [6.45, 7) is 1.81. The largest absolute Gasteiger partial charge is 0.507 e. The molecule has 21 heavy (non-hydrogen) atoms. The predicted molar refractivity (Wildman–Crippen MR) is 80.4 cm³/mol. The topological polar surface area (TPSA) is 55.8 Å². The Bertz CT molecular complexity index is 632. The highest BCUT2D eigenvalue weighted by Crippen LogP contribution is 2.29. The highest BCUT2D eigenvalue weighted by atomic mass is 16.5. The van der Waals surface area contributed by atoms with E-state index in [9.17, 15) is 9.90 Å². The van der Waals surface area contributed by atoms with Gasteiger partial charge in [0.05, 0.1) is 19.8 Å². The second-order valence-corrected chi connectivity index (χ2v) is 4.74. The molecule has 0 radical (unpaired) electrons. The molecule has 0 aromatic heterocycles. The third-order valence-corrected chi connectivity index (χ3v) is 3.48. The molecule has 4 heteroatoms. The summed E-state index contributed by atoms with van der Waals surface area (Å²) >= 11 is 0. The number of ether oxygens (including phenoxy) is 2. The van der Waals surface area contributed by atoms with Gasteiger partial charge in [-0.25, -0.2) is 0 Å². The average Bonchev–Trinajstić information content (AvgIpc) is 2.53. The van der Waals surface area contributed by atoms with Crippen molar-refractivity contribution in [1.29, 1.82) is 0 Å². The van der Waals surface area contributed by atoms with Gasteiger partial charge in [-0.1, -0.05) is 19.1 Å². The van der Waals surface area contributed by atoms with Crippen molar-refractivity contribution in [3.63, 3.8) is 0 Å². The predicted octanol–water partition coefficient (Wildman–Crippen LogP) is 3.40. The van der Waals surface area contributed by atoms with Crippen molar-refractivity contribution >= 4 is 5.78 Å². The van der Waals surface area contributed by atoms with Gasteiger partial charge in [0.2, 0.25) is 0 Å². The van der Waals surface area contributed by atoms with Crippen LogP contribution in [0.4, 0.5) is 0 Å². The Kier molecular flexibility index (Phi) is 4.48. The summed E-state index contributed by atoms with van der Waals surface area (Å²) in [7, 11) is 3.11. The van der Waals surface area contributed by atoms with E-state index < -0.39 is 0 Å². The number of hydrogen-bond acceptors (Lipinski definition) is 4. The molecule has 0 amide bonds. The quantitative estimate of drug-likeness (QED) is 0.856. The Labute approximate surface area is 123 Å². The summed E-state index contributed by atoms with van der Waals surface area (Å²) < 4.78 is 10.1. The van der Waals surface area contributed by atoms with E-state index in [1.807, 2.05) is 31.2 Å². The number of methoxy groups -OCH3 is 2. The molecular formula is C17H18O4. The van der Waals surface area contributed by atoms with Crippen LogP contribution < -0.4 is 9.47 Å². The van der Waals surface area contributed by atoms with Crippen molar-refractivity contribution in [3.8, 4) is 17.2 Å². The number of hydrogen-bond donors (Lipinski definition) is 1. The standard InChI is InChI=1S/C17H18O4/c1-11(12-4-6-13(20-2)7-5-12)17(19)15-9-8-14(21-3)10-16(15)18/h4-11,18H,1-3H3/t11-/m1/s1. The summed E-state index contributed by atoms with van der Waals surface area (Å²) in [5, 5.41) is 9.95. The van der Waals surface area contributed by atoms with E-state index in [0.717, 1.165) is 11.3 Å². The molecule has 1 atom stereocenters. The summed E-state index contributed by atoms with van der Waals surface area (Å²) in [4.78, 5) is 12.5. The molecule has 0 saturated heterocycles. The van der Waals surface area contributed by atoms with Crippen LogP contribution >= 0.6 is 0 Å². The molecule has 0 saturated carbocycles. The minimum Gasteiger partial charge on any atom is -0.507 e. The maximum atomic E-state index is 12.5. The number of phenols is 1. The molecule has 110 valence electrons. The number of carbonyl (C=O) groups is 1. The second-order valence-electron chi connectivity index (χ2n) is 4.74. The van der Waals surface area contributed by atoms with Gasteiger partial charge >= 0.3 is 0 Å². The lowest BCUT2D eigenvalue weighted by Crippen LogP contribution is -2.10. The van der Waals surface area contributed by atoms with E-state index >= 15 is 0 Å². The molecular weight excluding hydrogens is 268 g/mol. The summed E-state index contributed by atoms with van der Waals surface area (Å²) in [5.74, 6) is 0.696. The highest BCUT2D eigenvalue weighted by Gasteiger charge is 2.20. The van der Waals surface area contributed by atoms with Gasteiger partial charge in [-0.3, -0.25) is 4.79 Å². The molecule has 0 aliphatic rings. The molecule has 4 nitrogen and oxygen atoms in total. The van der Waals surface area contributed by atoms with Gasteiger partial charge in [-0.2, -0.15) is 0 Å². The number of phenolic OH excluding ortho intramolecular Hbond substituents is 1. The Balaban J connectivity index is 2.25. The third kappa shape index (κ3) is 3.16. The fraction of sp³-hybridized carbons (Fsp3) is 0.235. The van der Waals surface area contributed by atoms with E-state index in [2.05, 4.69) is 0 Å². The van der Waals surface area contributed by atoms with Gasteiger partial charge < -0.3 is 14.6 Å². The zero-order valence-electron chi connectivity index (χ0n) is 12.3. The molecule has 0 fully saturated rings. The van der Waals surface area contributed by atoms with E-state index in [0.29, 0.717) is 11.3 Å². The molecule has 2 rings (SSSR count). The smallest absolute Gasteiger partial charge is 0.173 e. The normalized spacial score (nSPS) is 11.8. The van der Waals surface area contributed by atoms with E-state index in [1.165, 1.54) is 13.2 Å². The molecule has 1 N–H and O–H groups in total. The molecule has 0 unspecified atom stereocenters. The number of ketones is 1. The van der Waals surface area contributed by atoms with Gasteiger partial charge in [0.15, 0.2) is 5.78 Å². The lowest BCUT2D eigenvalue weighted by Gasteiger charge is -2.13. The number of benzene rings is 2. The first-order valence-corrected chi connectivity index (χ1v) is 6.62. The molecule has 0 aliphatic carbocycles. The van der Waals surface area contributed by atoms with Crippen LogP contribution in [-0.2, 0) is 0 Å². The monoisotopic (exact) mass is 286 g/mol. The molecule has 2 aromatic carbocycles. The van der Waals surface area contributed by atoms with Crippen LogP contribution in [0.5, 0.6) is 17.2 Å². The minimum atomic E-state index is -0.352. The first-order valence-electron chi connectivity index (χ1n) is 6.62. The highest BCUT2D eigenvalue weighted by molar-refractivity contribution is 6.03. The van der Waals surface area contributed by atoms with Crippen LogP contribution in [0.2, 0.25) is 0 Å². The van der Waals surface area contributed by atoms with Gasteiger partial charge in [0, 0.05) is 12.0 Å². The van der Waals surface area contributed by atoms with Crippen molar-refractivity contribution in [2.24, 2.45) is 0 Å². The van der Waals surface area contributed by atoms with Crippen LogP contribution in [-0.4, -0.2) is 25.1 Å². The summed E-state index contributed by atoms with van der Waals surface area (Å²) in [6.07, 6.45) is 0. The Morgan fingerprint density at radius 1 is 1.00 bits per heavy atom. The Morgan fingerprint density at radius 2 is 1.57 bits per heavy atom. The lowest BCUT2D eigenvalue weighted by molar-refractivity contribution is 0.0963. The van der Waals surface area contributed by atoms with E-state index in [-0.39, 0.29) is 17.5 Å². The Hall–Kier alpha value is -2.49. The first-order chi connectivity index (χ1) is 10.1. The van der Waals surface area contributed by atoms with Crippen molar-refractivity contribution in [2.45, 2.75) is 12.8 Å². The minimum absolute atomic E-state index is 0.0697. The zero-order chi connectivity index (χ0) is 15.4. The number of aromatic hydroxyl groups is 1. The maximum Gasteiger partial charge on any atom is 0.173 e. The fourth-order valence-electron chi connectivity index (χ4n) is 2.12. The SMILES string of the molecule is COc1ccc([C@@H](C)C(=O)c2ccc(OC)cc2O)cc1. The van der Waals surface area contributed by atoms with Crippen molar-refractivity contribution in [2.75, 3.05) is 14.2 Å². The molecule has 0 bridgehead atoms. The van der Waals surface area contributed by atoms with Crippen LogP contribution in [0.1, 0.15) is 28.8 Å². The molecule has 0 aliphatic heterocycles. The van der Waals surface area contributed by atoms with Gasteiger partial charge in [-0.05, 0) is 29.8 Å². The van der Waals surface area contributed by atoms with Crippen LogP contribution in [0.3, 0.4) is 0 Å². The van der Waals surface area contributed by atoms with Gasteiger partial charge in [0.25, 0.3) is 0 Å². The first kappa shape index (κ1) is 14.9. The average molecular weight is 286 g/mol. The Morgan fingerprint density at radius 3 is 2.10 bits per heavy atom. The zero-order valence-corrected chi connectivity index (χ0v) is 12.3. The van der Waals surface area contributed by atoms with Crippen LogP contribution in [0.25, 0.3) is 0 Å². The molecule has 2 aromatic rings. The molecule has 0 spiro atoms. The molecule has 0 heterocycles. The van der Waals surface area contributed by atoms with Crippen molar-refractivity contribution in [3.05, 3.63) is 53.6 Å². The van der Waals surface area contributed by atoms with Gasteiger partial charge in [-0.15, -0.1) is 0 Å². The van der Waals surface area contributed by atoms with E-state index in [1.54, 1.807) is 19.2 Å². The van der Waals surface area contributed by atoms with Crippen LogP contribution in [0.15, 0.2) is 42.5 Å². The fourth-order valence-corrected chi connectivity index (χ4v) is 2.12. The maximum absolute atomic E-state index is 12.5. The number of carbonyl (C=O) groups excluding carboxylic acids is 1. The number of Topliss-reactive ketones (excluding diaryl/α,β-unsaturated/α-hetero) is 1. The van der Waals surface area contributed by atoms with Crippen molar-refractivity contribution in [1.82, 2.24) is 0 Å². The van der Waals surface area contributed by atoms with Gasteiger partial charge in [0.1, 0.15) is 17.2 Å². The summed E-state index contributed by atoms with van der Waals surface area (Å²) in [5.41, 5.74) is 1.16. The summed E-state index contributed by atoms with van der Waals surface area (Å²) in [6, 6.07) is 12.0. The van der Waals surface area contributed by atoms with Crippen molar-refractivity contribution < 1.29 is 19.4 Å². The second kappa shape index (κ2) is 6.31. The lowest BCUT2D eigenvalue weighted by atomic mass is 9.92. The van der Waals surface area contributed by atoms with E-state index in [4.69, 9.17) is 9.47 Å². The third-order valence-electron chi connectivity index (χ3n) is 3.48.